The molecule has 2 aliphatic carbocycles. The van der Waals surface area contributed by atoms with Gasteiger partial charge in [-0.2, -0.15) is 0 Å². The lowest BCUT2D eigenvalue weighted by Gasteiger charge is -2.26. The van der Waals surface area contributed by atoms with Gasteiger partial charge in [0.05, 0.1) is 19.6 Å². The topological polar surface area (TPSA) is 65.0 Å². The smallest absolute Gasteiger partial charge is 0.303 e. The normalized spacial score (nSPS) is 17.4. The summed E-state index contributed by atoms with van der Waals surface area (Å²) in [6, 6.07) is 15.2. The largest absolute Gasteiger partial charge is 0.497 e. The van der Waals surface area contributed by atoms with Crippen LogP contribution in [0.1, 0.15) is 67.7 Å². The predicted octanol–water partition coefficient (Wildman–Crippen LogP) is 7.68. The molecule has 5 nitrogen and oxygen atoms in total. The summed E-state index contributed by atoms with van der Waals surface area (Å²) in [5.74, 6) is -1.34. The van der Waals surface area contributed by atoms with Gasteiger partial charge in [0, 0.05) is 18.6 Å². The zero-order chi connectivity index (χ0) is 27.7. The average molecular weight is 537 g/mol. The second-order valence-electron chi connectivity index (χ2n) is 11.0. The highest BCUT2D eigenvalue weighted by Crippen LogP contribution is 2.57. The summed E-state index contributed by atoms with van der Waals surface area (Å²) in [6.07, 6.45) is 3.46. The Morgan fingerprint density at radius 3 is 2.44 bits per heavy atom. The Morgan fingerprint density at radius 2 is 1.79 bits per heavy atom. The summed E-state index contributed by atoms with van der Waals surface area (Å²) in [7, 11) is 3.21. The number of aliphatic carboxylic acids is 1. The van der Waals surface area contributed by atoms with Gasteiger partial charge < -0.3 is 19.3 Å². The first-order valence-electron chi connectivity index (χ1n) is 13.4. The maximum atomic E-state index is 15.5. The van der Waals surface area contributed by atoms with Crippen LogP contribution in [-0.4, -0.2) is 25.3 Å². The fourth-order valence-corrected chi connectivity index (χ4v) is 5.55. The number of rotatable bonds is 12. The summed E-state index contributed by atoms with van der Waals surface area (Å²) in [5, 5.41) is 9.34. The van der Waals surface area contributed by atoms with Crippen molar-refractivity contribution in [3.05, 3.63) is 82.9 Å². The van der Waals surface area contributed by atoms with Crippen LogP contribution < -0.4 is 9.47 Å². The van der Waals surface area contributed by atoms with Crippen LogP contribution >= 0.6 is 0 Å². The highest BCUT2D eigenvalue weighted by molar-refractivity contribution is 5.71. The van der Waals surface area contributed by atoms with E-state index in [4.69, 9.17) is 14.2 Å². The minimum absolute atomic E-state index is 0.0548. The number of carboxylic acid groups (broad SMARTS) is 1. The molecule has 1 N–H and O–H groups in total. The summed E-state index contributed by atoms with van der Waals surface area (Å²) >= 11 is 0. The van der Waals surface area contributed by atoms with Crippen LogP contribution in [0, 0.1) is 23.0 Å². The SMILES string of the molecule is COc1ccc(F)c(-c2ccc(COc3cccc([C@@H](CC(=O)O)C4CC4)c3F)cc2[C@@H](OC)C2(C)CC2)c1. The van der Waals surface area contributed by atoms with Gasteiger partial charge in [0.15, 0.2) is 11.6 Å². The highest BCUT2D eigenvalue weighted by atomic mass is 19.1. The quantitative estimate of drug-likeness (QED) is 0.257. The summed E-state index contributed by atoms with van der Waals surface area (Å²) in [6.45, 7) is 2.25. The van der Waals surface area contributed by atoms with Gasteiger partial charge in [-0.15, -0.1) is 0 Å². The minimum Gasteiger partial charge on any atom is -0.497 e. The Labute approximate surface area is 227 Å². The van der Waals surface area contributed by atoms with Crippen LogP contribution in [0.3, 0.4) is 0 Å². The molecule has 0 saturated heterocycles. The minimum atomic E-state index is -0.935. The van der Waals surface area contributed by atoms with Crippen LogP contribution in [0.25, 0.3) is 11.1 Å². The third-order valence-corrected chi connectivity index (χ3v) is 8.14. The van der Waals surface area contributed by atoms with E-state index in [2.05, 4.69) is 6.92 Å². The second-order valence-corrected chi connectivity index (χ2v) is 11.0. The molecule has 0 heterocycles. The summed E-state index contributed by atoms with van der Waals surface area (Å²) in [5.41, 5.74) is 3.10. The maximum absolute atomic E-state index is 15.5. The van der Waals surface area contributed by atoms with Gasteiger partial charge in [-0.1, -0.05) is 31.2 Å². The van der Waals surface area contributed by atoms with Crippen LogP contribution in [-0.2, 0) is 16.1 Å². The molecule has 0 spiro atoms. The Morgan fingerprint density at radius 1 is 1.03 bits per heavy atom. The molecule has 3 aromatic carbocycles. The number of carboxylic acids is 1. The lowest BCUT2D eigenvalue weighted by atomic mass is 9.87. The van der Waals surface area contributed by atoms with Gasteiger partial charge in [-0.25, -0.2) is 8.78 Å². The molecular weight excluding hydrogens is 502 g/mol. The number of hydrogen-bond donors (Lipinski definition) is 1. The molecular formula is C32H34F2O5. The van der Waals surface area contributed by atoms with Crippen molar-refractivity contribution >= 4 is 5.97 Å². The van der Waals surface area contributed by atoms with Crippen molar-refractivity contribution in [2.24, 2.45) is 11.3 Å². The van der Waals surface area contributed by atoms with Crippen molar-refractivity contribution in [2.45, 2.75) is 57.7 Å². The fourth-order valence-electron chi connectivity index (χ4n) is 5.55. The molecule has 0 aromatic heterocycles. The third-order valence-electron chi connectivity index (χ3n) is 8.14. The lowest BCUT2D eigenvalue weighted by Crippen LogP contribution is -2.15. The first kappa shape index (κ1) is 27.1. The first-order valence-corrected chi connectivity index (χ1v) is 13.4. The molecule has 5 rings (SSSR count). The summed E-state index contributed by atoms with van der Waals surface area (Å²) < 4.78 is 47.7. The molecule has 0 radical (unpaired) electrons. The van der Waals surface area contributed by atoms with Crippen molar-refractivity contribution in [2.75, 3.05) is 14.2 Å². The van der Waals surface area contributed by atoms with Crippen molar-refractivity contribution in [3.8, 4) is 22.6 Å². The zero-order valence-electron chi connectivity index (χ0n) is 22.5. The predicted molar refractivity (Wildman–Crippen MR) is 144 cm³/mol. The standard InChI is InChI=1S/C32H34F2O5/c1-32(13-14-32)31(38-3)26-15-19(7-11-22(26)25-16-21(37-2)10-12-27(25)33)18-39-28-6-4-5-23(30(28)34)24(17-29(35)36)20-8-9-20/h4-7,10-12,15-16,20,24,31H,8-9,13-14,17-18H2,1-3H3,(H,35,36)/t24-,31+/m0/s1. The summed E-state index contributed by atoms with van der Waals surface area (Å²) in [4.78, 5) is 11.4. The molecule has 0 aliphatic heterocycles. The van der Waals surface area contributed by atoms with E-state index < -0.39 is 11.8 Å². The number of halogens is 2. The van der Waals surface area contributed by atoms with Gasteiger partial charge in [0.2, 0.25) is 0 Å². The van der Waals surface area contributed by atoms with Gasteiger partial charge >= 0.3 is 5.97 Å². The maximum Gasteiger partial charge on any atom is 0.303 e. The van der Waals surface area contributed by atoms with Gasteiger partial charge in [0.25, 0.3) is 0 Å². The van der Waals surface area contributed by atoms with E-state index in [0.717, 1.165) is 36.8 Å². The molecule has 2 aliphatic rings. The van der Waals surface area contributed by atoms with Crippen LogP contribution in [0.15, 0.2) is 54.6 Å². The molecule has 7 heteroatoms. The molecule has 2 fully saturated rings. The molecule has 0 unspecified atom stereocenters. The van der Waals surface area contributed by atoms with Gasteiger partial charge in [0.1, 0.15) is 18.2 Å². The second kappa shape index (κ2) is 11.0. The Balaban J connectivity index is 1.46. The van der Waals surface area contributed by atoms with Crippen molar-refractivity contribution < 1.29 is 32.9 Å². The van der Waals surface area contributed by atoms with Crippen molar-refractivity contribution in [3.63, 3.8) is 0 Å². The monoisotopic (exact) mass is 536 g/mol. The van der Waals surface area contributed by atoms with Crippen LogP contribution in [0.5, 0.6) is 11.5 Å². The molecule has 39 heavy (non-hydrogen) atoms. The molecule has 2 atom stereocenters. The van der Waals surface area contributed by atoms with E-state index in [9.17, 15) is 9.90 Å². The van der Waals surface area contributed by atoms with Crippen molar-refractivity contribution in [1.82, 2.24) is 0 Å². The Hall–Kier alpha value is -3.45. The Kier molecular flexibility index (Phi) is 7.63. The van der Waals surface area contributed by atoms with Gasteiger partial charge in [-0.3, -0.25) is 4.79 Å². The van der Waals surface area contributed by atoms with E-state index in [-0.39, 0.29) is 47.9 Å². The molecule has 3 aromatic rings. The van der Waals surface area contributed by atoms with E-state index in [1.807, 2.05) is 18.2 Å². The zero-order valence-corrected chi connectivity index (χ0v) is 22.5. The van der Waals surface area contributed by atoms with E-state index in [1.165, 1.54) is 6.07 Å². The van der Waals surface area contributed by atoms with Crippen LogP contribution in [0.4, 0.5) is 8.78 Å². The molecule has 0 amide bonds. The molecule has 206 valence electrons. The number of benzene rings is 3. The number of methoxy groups -OCH3 is 2. The van der Waals surface area contributed by atoms with E-state index in [0.29, 0.717) is 22.4 Å². The molecule has 0 bridgehead atoms. The third kappa shape index (κ3) is 5.78. The average Bonchev–Trinajstić information content (AvgIpc) is 3.86. The number of carbonyl (C=O) groups is 1. The molecule has 2 saturated carbocycles. The van der Waals surface area contributed by atoms with Gasteiger partial charge in [-0.05, 0) is 89.6 Å². The van der Waals surface area contributed by atoms with E-state index in [1.54, 1.807) is 44.6 Å². The highest BCUT2D eigenvalue weighted by Gasteiger charge is 2.47. The number of ether oxygens (including phenoxy) is 3. The van der Waals surface area contributed by atoms with E-state index >= 15 is 8.78 Å². The number of hydrogen-bond acceptors (Lipinski definition) is 4. The first-order chi connectivity index (χ1) is 18.7. The van der Waals surface area contributed by atoms with Crippen molar-refractivity contribution in [1.29, 1.82) is 0 Å². The fraction of sp³-hybridized carbons (Fsp3) is 0.406. The van der Waals surface area contributed by atoms with Crippen LogP contribution in [0.2, 0.25) is 0 Å². The lowest BCUT2D eigenvalue weighted by molar-refractivity contribution is -0.137. The Bertz CT molecular complexity index is 1360.